The second-order valence-corrected chi connectivity index (χ2v) is 5.73. The maximum absolute atomic E-state index is 12.0. The van der Waals surface area contributed by atoms with Crippen LogP contribution in [0.1, 0.15) is 25.3 Å². The van der Waals surface area contributed by atoms with Crippen molar-refractivity contribution in [3.8, 4) is 0 Å². The first-order chi connectivity index (χ1) is 9.54. The highest BCUT2D eigenvalue weighted by Gasteiger charge is 2.19. The normalized spacial score (nSPS) is 22.6. The molecule has 2 N–H and O–H groups in total. The molecule has 20 heavy (non-hydrogen) atoms. The van der Waals surface area contributed by atoms with Crippen LogP contribution in [0.15, 0.2) is 18.2 Å². The van der Waals surface area contributed by atoms with E-state index in [0.29, 0.717) is 17.6 Å². The highest BCUT2D eigenvalue weighted by Crippen LogP contribution is 2.20. The van der Waals surface area contributed by atoms with Crippen LogP contribution >= 0.6 is 11.6 Å². The van der Waals surface area contributed by atoms with Gasteiger partial charge >= 0.3 is 0 Å². The van der Waals surface area contributed by atoms with E-state index in [0.717, 1.165) is 30.7 Å². The van der Waals surface area contributed by atoms with Crippen LogP contribution in [0.2, 0.25) is 5.02 Å². The summed E-state index contributed by atoms with van der Waals surface area (Å²) < 4.78 is 5.48. The summed E-state index contributed by atoms with van der Waals surface area (Å²) in [6, 6.07) is 5.83. The molecule has 5 heteroatoms. The number of amides is 1. The van der Waals surface area contributed by atoms with Gasteiger partial charge in [0.1, 0.15) is 0 Å². The van der Waals surface area contributed by atoms with Gasteiger partial charge in [0, 0.05) is 23.4 Å². The first kappa shape index (κ1) is 15.3. The minimum atomic E-state index is -0.0467. The van der Waals surface area contributed by atoms with Crippen LogP contribution in [0, 0.1) is 6.92 Å². The SMILES string of the molecule is Cc1ccc(Cl)cc1NC(=O)CNC1CCOC(C)C1. The first-order valence-electron chi connectivity index (χ1n) is 6.95. The molecule has 1 saturated heterocycles. The Morgan fingerprint density at radius 1 is 1.50 bits per heavy atom. The van der Waals surface area contributed by atoms with Crippen LogP contribution in [0.25, 0.3) is 0 Å². The molecule has 0 bridgehead atoms. The lowest BCUT2D eigenvalue weighted by Gasteiger charge is -2.27. The third-order valence-corrected chi connectivity index (χ3v) is 3.75. The van der Waals surface area contributed by atoms with Crippen molar-refractivity contribution in [1.82, 2.24) is 5.32 Å². The molecule has 2 atom stereocenters. The molecular weight excluding hydrogens is 276 g/mol. The number of ether oxygens (including phenoxy) is 1. The molecule has 1 aromatic carbocycles. The third kappa shape index (κ3) is 4.47. The Kier molecular flexibility index (Phi) is 5.40. The molecule has 2 unspecified atom stereocenters. The molecule has 0 spiro atoms. The van der Waals surface area contributed by atoms with Gasteiger partial charge < -0.3 is 15.4 Å². The molecule has 4 nitrogen and oxygen atoms in total. The fraction of sp³-hybridized carbons (Fsp3) is 0.533. The monoisotopic (exact) mass is 296 g/mol. The van der Waals surface area contributed by atoms with Gasteiger partial charge in [-0.3, -0.25) is 4.79 Å². The Morgan fingerprint density at radius 3 is 3.05 bits per heavy atom. The average molecular weight is 297 g/mol. The second kappa shape index (κ2) is 7.07. The molecule has 0 radical (unpaired) electrons. The van der Waals surface area contributed by atoms with Crippen LogP contribution in [-0.4, -0.2) is 31.2 Å². The maximum atomic E-state index is 12.0. The third-order valence-electron chi connectivity index (χ3n) is 3.51. The molecule has 1 heterocycles. The Morgan fingerprint density at radius 2 is 2.30 bits per heavy atom. The number of halogens is 1. The van der Waals surface area contributed by atoms with Crippen molar-refractivity contribution < 1.29 is 9.53 Å². The van der Waals surface area contributed by atoms with E-state index in [1.807, 2.05) is 19.1 Å². The fourth-order valence-electron chi connectivity index (χ4n) is 2.34. The van der Waals surface area contributed by atoms with Gasteiger partial charge in [-0.1, -0.05) is 17.7 Å². The van der Waals surface area contributed by atoms with Gasteiger partial charge in [0.25, 0.3) is 0 Å². The standard InChI is InChI=1S/C15H21ClN2O2/c1-10-3-4-12(16)8-14(10)18-15(19)9-17-13-5-6-20-11(2)7-13/h3-4,8,11,13,17H,5-7,9H2,1-2H3,(H,18,19). The minimum Gasteiger partial charge on any atom is -0.378 e. The molecule has 1 amide bonds. The number of hydrogen-bond acceptors (Lipinski definition) is 3. The molecule has 0 aliphatic carbocycles. The van der Waals surface area contributed by atoms with Crippen molar-refractivity contribution in [3.05, 3.63) is 28.8 Å². The first-order valence-corrected chi connectivity index (χ1v) is 7.33. The van der Waals surface area contributed by atoms with E-state index in [-0.39, 0.29) is 12.0 Å². The van der Waals surface area contributed by atoms with E-state index in [4.69, 9.17) is 16.3 Å². The van der Waals surface area contributed by atoms with Crippen LogP contribution in [-0.2, 0) is 9.53 Å². The van der Waals surface area contributed by atoms with E-state index in [9.17, 15) is 4.79 Å². The van der Waals surface area contributed by atoms with Crippen molar-refractivity contribution >= 4 is 23.2 Å². The maximum Gasteiger partial charge on any atom is 0.238 e. The Hall–Kier alpha value is -1.10. The number of hydrogen-bond donors (Lipinski definition) is 2. The number of nitrogens with one attached hydrogen (secondary N) is 2. The molecule has 1 aromatic rings. The van der Waals surface area contributed by atoms with Gasteiger partial charge in [0.2, 0.25) is 5.91 Å². The summed E-state index contributed by atoms with van der Waals surface area (Å²) in [5, 5.41) is 6.79. The summed E-state index contributed by atoms with van der Waals surface area (Å²) in [7, 11) is 0. The Bertz CT molecular complexity index is 479. The minimum absolute atomic E-state index is 0.0467. The van der Waals surface area contributed by atoms with Gasteiger partial charge in [-0.15, -0.1) is 0 Å². The van der Waals surface area contributed by atoms with Gasteiger partial charge in [0.15, 0.2) is 0 Å². The zero-order chi connectivity index (χ0) is 14.5. The smallest absolute Gasteiger partial charge is 0.238 e. The average Bonchev–Trinajstić information content (AvgIpc) is 2.41. The highest BCUT2D eigenvalue weighted by atomic mass is 35.5. The summed E-state index contributed by atoms with van der Waals surface area (Å²) in [6.07, 6.45) is 2.16. The zero-order valence-corrected chi connectivity index (χ0v) is 12.7. The van der Waals surface area contributed by atoms with Gasteiger partial charge in [-0.2, -0.15) is 0 Å². The summed E-state index contributed by atoms with van der Waals surface area (Å²) in [6.45, 7) is 5.07. The molecule has 1 aliphatic heterocycles. The number of rotatable bonds is 4. The summed E-state index contributed by atoms with van der Waals surface area (Å²) in [5.74, 6) is -0.0467. The van der Waals surface area contributed by atoms with Crippen molar-refractivity contribution in [2.24, 2.45) is 0 Å². The van der Waals surface area contributed by atoms with E-state index >= 15 is 0 Å². The molecule has 2 rings (SSSR count). The van der Waals surface area contributed by atoms with Gasteiger partial charge in [-0.05, 0) is 44.4 Å². The van der Waals surface area contributed by atoms with E-state index in [1.54, 1.807) is 6.07 Å². The lowest BCUT2D eigenvalue weighted by Crippen LogP contribution is -2.41. The lowest BCUT2D eigenvalue weighted by atomic mass is 10.0. The molecule has 1 fully saturated rings. The molecule has 110 valence electrons. The molecule has 0 aromatic heterocycles. The molecule has 1 aliphatic rings. The predicted molar refractivity (Wildman–Crippen MR) is 81.3 cm³/mol. The lowest BCUT2D eigenvalue weighted by molar-refractivity contribution is -0.115. The quantitative estimate of drug-likeness (QED) is 0.898. The number of anilines is 1. The van der Waals surface area contributed by atoms with Crippen LogP contribution < -0.4 is 10.6 Å². The largest absolute Gasteiger partial charge is 0.378 e. The number of benzene rings is 1. The van der Waals surface area contributed by atoms with E-state index < -0.39 is 0 Å². The van der Waals surface area contributed by atoms with Crippen molar-refractivity contribution in [2.45, 2.75) is 38.8 Å². The van der Waals surface area contributed by atoms with Crippen molar-refractivity contribution in [3.63, 3.8) is 0 Å². The number of carbonyl (C=O) groups excluding carboxylic acids is 1. The second-order valence-electron chi connectivity index (χ2n) is 5.29. The molecule has 0 saturated carbocycles. The fourth-order valence-corrected chi connectivity index (χ4v) is 2.52. The van der Waals surface area contributed by atoms with E-state index in [2.05, 4.69) is 17.6 Å². The van der Waals surface area contributed by atoms with Crippen molar-refractivity contribution in [1.29, 1.82) is 0 Å². The Labute approximate surface area is 124 Å². The number of carbonyl (C=O) groups is 1. The van der Waals surface area contributed by atoms with Crippen LogP contribution in [0.4, 0.5) is 5.69 Å². The van der Waals surface area contributed by atoms with Crippen molar-refractivity contribution in [2.75, 3.05) is 18.5 Å². The van der Waals surface area contributed by atoms with Crippen LogP contribution in [0.5, 0.6) is 0 Å². The van der Waals surface area contributed by atoms with Gasteiger partial charge in [0.05, 0.1) is 12.6 Å². The molecular formula is C15H21ClN2O2. The summed E-state index contributed by atoms with van der Waals surface area (Å²) in [4.78, 5) is 12.0. The zero-order valence-electron chi connectivity index (χ0n) is 11.9. The Balaban J connectivity index is 1.82. The summed E-state index contributed by atoms with van der Waals surface area (Å²) in [5.41, 5.74) is 1.77. The topological polar surface area (TPSA) is 50.4 Å². The highest BCUT2D eigenvalue weighted by molar-refractivity contribution is 6.31. The van der Waals surface area contributed by atoms with Gasteiger partial charge in [-0.25, -0.2) is 0 Å². The summed E-state index contributed by atoms with van der Waals surface area (Å²) >= 11 is 5.93. The number of aryl methyl sites for hydroxylation is 1. The predicted octanol–water partition coefficient (Wildman–Crippen LogP) is 2.74. The van der Waals surface area contributed by atoms with Crippen LogP contribution in [0.3, 0.4) is 0 Å². The van der Waals surface area contributed by atoms with E-state index in [1.165, 1.54) is 0 Å².